The van der Waals surface area contributed by atoms with Crippen molar-refractivity contribution in [2.24, 2.45) is 5.92 Å². The quantitative estimate of drug-likeness (QED) is 0.156. The van der Waals surface area contributed by atoms with Crippen molar-refractivity contribution >= 4 is 0 Å². The van der Waals surface area contributed by atoms with E-state index in [1.165, 1.54) is 101 Å². The van der Waals surface area contributed by atoms with Gasteiger partial charge in [-0.05, 0) is 137 Å². The third-order valence-corrected chi connectivity index (χ3v) is 20.3. The molecular weight excluding hydrogens is 907 g/mol. The number of nitrogens with zero attached hydrogens (tertiary/aromatic N) is 3. The van der Waals surface area contributed by atoms with Crippen molar-refractivity contribution in [2.75, 3.05) is 21.3 Å². The van der Waals surface area contributed by atoms with Crippen LogP contribution in [0, 0.1) is 12.8 Å². The predicted octanol–water partition coefficient (Wildman–Crippen LogP) is 13.1. The van der Waals surface area contributed by atoms with Gasteiger partial charge in [0, 0.05) is 78.6 Å². The molecule has 3 fully saturated rings. The molecule has 6 aromatic carbocycles. The highest BCUT2D eigenvalue weighted by Crippen LogP contribution is 2.89. The van der Waals surface area contributed by atoms with Crippen LogP contribution in [0.2, 0.25) is 0 Å². The molecule has 7 aliphatic rings. The number of hydrogen-bond donors (Lipinski definition) is 0. The van der Waals surface area contributed by atoms with Gasteiger partial charge in [0.25, 0.3) is 0 Å². The van der Waals surface area contributed by atoms with Crippen LogP contribution < -0.4 is 27.9 Å². The van der Waals surface area contributed by atoms with Crippen molar-refractivity contribution in [3.8, 4) is 84.4 Å². The minimum atomic E-state index is -0.479. The molecule has 6 nitrogen and oxygen atoms in total. The van der Waals surface area contributed by atoms with Crippen molar-refractivity contribution in [3.05, 3.63) is 216 Å². The number of methoxy groups -OCH3 is 3. The van der Waals surface area contributed by atoms with Crippen molar-refractivity contribution < 1.29 is 27.9 Å². The summed E-state index contributed by atoms with van der Waals surface area (Å²) in [5, 5.41) is 0. The molecule has 8 atom stereocenters. The van der Waals surface area contributed by atoms with Gasteiger partial charge in [-0.3, -0.25) is 0 Å². The monoisotopic (exact) mass is 964 g/mol. The highest BCUT2D eigenvalue weighted by Gasteiger charge is 2.99. The third kappa shape index (κ3) is 4.92. The van der Waals surface area contributed by atoms with E-state index in [2.05, 4.69) is 217 Å². The Labute approximate surface area is 433 Å². The molecule has 0 amide bonds. The summed E-state index contributed by atoms with van der Waals surface area (Å²) in [6.45, 7) is 7.28. The van der Waals surface area contributed by atoms with Crippen molar-refractivity contribution in [1.29, 1.82) is 0 Å². The minimum absolute atomic E-state index is 0.146. The summed E-state index contributed by atoms with van der Waals surface area (Å²) in [6.07, 6.45) is 10.6. The first-order valence-electron chi connectivity index (χ1n) is 26.7. The zero-order chi connectivity index (χ0) is 49.6. The van der Waals surface area contributed by atoms with Crippen molar-refractivity contribution in [2.45, 2.75) is 79.8 Å². The zero-order valence-electron chi connectivity index (χ0n) is 42.8. The van der Waals surface area contributed by atoms with E-state index < -0.39 is 11.0 Å². The summed E-state index contributed by atoms with van der Waals surface area (Å²) in [5.74, 6) is 3.26. The topological polar surface area (TPSA) is 39.3 Å². The fraction of sp³-hybridized carbons (Fsp3) is 0.250. The van der Waals surface area contributed by atoms with Crippen LogP contribution in [-0.2, 0) is 21.9 Å². The lowest BCUT2D eigenvalue weighted by Gasteiger charge is -2.55. The van der Waals surface area contributed by atoms with E-state index >= 15 is 0 Å². The Morgan fingerprint density at radius 2 is 1.05 bits per heavy atom. The number of rotatable bonds is 6. The number of aromatic nitrogens is 3. The lowest BCUT2D eigenvalue weighted by Crippen LogP contribution is -2.72. The zero-order valence-corrected chi connectivity index (χ0v) is 42.8. The summed E-state index contributed by atoms with van der Waals surface area (Å²) in [6, 6.07) is 63.5. The van der Waals surface area contributed by atoms with E-state index in [0.29, 0.717) is 0 Å². The van der Waals surface area contributed by atoms with E-state index in [0.717, 1.165) is 36.5 Å². The van der Waals surface area contributed by atoms with Gasteiger partial charge in [-0.1, -0.05) is 72.8 Å². The van der Waals surface area contributed by atoms with Crippen LogP contribution in [0.3, 0.4) is 0 Å². The number of pyridine rings is 3. The van der Waals surface area contributed by atoms with Gasteiger partial charge in [-0.25, -0.2) is 0 Å². The van der Waals surface area contributed by atoms with Gasteiger partial charge in [0.2, 0.25) is 17.1 Å². The first-order chi connectivity index (χ1) is 36.2. The summed E-state index contributed by atoms with van der Waals surface area (Å²) >= 11 is 0. The number of fused-ring (bicyclic) bond motifs is 19. The molecular formula is C68H58N3O3+3. The molecule has 16 rings (SSSR count). The molecule has 2 spiro atoms. The highest BCUT2D eigenvalue weighted by atomic mass is 16.5. The first kappa shape index (κ1) is 42.7. The second-order valence-corrected chi connectivity index (χ2v) is 22.8. The normalized spacial score (nSPS) is 26.8. The molecule has 3 saturated carbocycles. The van der Waals surface area contributed by atoms with E-state index in [9.17, 15) is 0 Å². The number of benzene rings is 6. The maximum absolute atomic E-state index is 6.32. The molecule has 9 aromatic rings. The Hall–Kier alpha value is -7.83. The molecule has 74 heavy (non-hydrogen) atoms. The van der Waals surface area contributed by atoms with E-state index in [1.54, 1.807) is 14.2 Å². The first-order valence-corrected chi connectivity index (χ1v) is 26.7. The highest BCUT2D eigenvalue weighted by molar-refractivity contribution is 5.81. The van der Waals surface area contributed by atoms with Crippen molar-refractivity contribution in [1.82, 2.24) is 0 Å². The molecule has 0 radical (unpaired) electrons. The summed E-state index contributed by atoms with van der Waals surface area (Å²) in [7, 11) is 5.38. The summed E-state index contributed by atoms with van der Waals surface area (Å²) in [5.41, 5.74) is 22.2. The van der Waals surface area contributed by atoms with Crippen LogP contribution in [0.5, 0.6) is 17.2 Å². The SMILES string of the molecule is COc1ccc(-c2ccc3c[n+]2C2(C)CC(c4ccccc4-3)C34c5cc(OC)ccc5-c5ccc6c[n+]5C35CC(CC2(c2ccccc2-c2ccc3[n+](c2)[C@@H](C)c2cc(OC)ccc2-3)C45)c2ccccc2-6)c(C)c1. The molecule has 3 aromatic heterocycles. The molecule has 4 aliphatic heterocycles. The van der Waals surface area contributed by atoms with Gasteiger partial charge < -0.3 is 14.2 Å². The van der Waals surface area contributed by atoms with Crippen molar-refractivity contribution in [3.63, 3.8) is 0 Å². The van der Waals surface area contributed by atoms with E-state index in [1.807, 2.05) is 7.11 Å². The lowest BCUT2D eigenvalue weighted by molar-refractivity contribution is -0.770. The number of hydrogen-bond acceptors (Lipinski definition) is 3. The molecule has 8 bridgehead atoms. The van der Waals surface area contributed by atoms with E-state index in [-0.39, 0.29) is 34.7 Å². The van der Waals surface area contributed by atoms with Gasteiger partial charge in [-0.2, -0.15) is 13.7 Å². The summed E-state index contributed by atoms with van der Waals surface area (Å²) in [4.78, 5) is 0. The van der Waals surface area contributed by atoms with Gasteiger partial charge in [0.1, 0.15) is 17.2 Å². The van der Waals surface area contributed by atoms with Crippen LogP contribution in [0.4, 0.5) is 0 Å². The summed E-state index contributed by atoms with van der Waals surface area (Å²) < 4.78 is 26.2. The minimum Gasteiger partial charge on any atom is -0.497 e. The molecule has 7 unspecified atom stereocenters. The average molecular weight is 965 g/mol. The lowest BCUT2D eigenvalue weighted by atomic mass is 9.47. The van der Waals surface area contributed by atoms with Crippen LogP contribution in [0.25, 0.3) is 67.2 Å². The van der Waals surface area contributed by atoms with Crippen LogP contribution in [0.15, 0.2) is 182 Å². The van der Waals surface area contributed by atoms with Crippen LogP contribution >= 0.6 is 0 Å². The van der Waals surface area contributed by atoms with Gasteiger partial charge in [-0.15, -0.1) is 0 Å². The second-order valence-electron chi connectivity index (χ2n) is 22.8. The molecule has 0 saturated heterocycles. The fourth-order valence-corrected chi connectivity index (χ4v) is 17.5. The van der Waals surface area contributed by atoms with E-state index in [4.69, 9.17) is 14.2 Å². The standard InChI is InChI=1S/C68H58N3O3/c1-40-31-46(72-4)22-25-49(40)62-29-20-43-38-70(62)65(3)36-60(54-17-10-9-14-51(43)54)68-59-33-48(74-6)24-27-56(59)63-30-21-44-39-71(63)67(68)35-45(52-15-8-7-13-50(44)52)34-66(65,64(67)68)58-18-12-11-16-53(58)42-19-28-61-55-26-23-47(73-5)32-57(55)41(2)69(61)37-42/h7-33,37-39,41,45,60,64H,34-36H2,1-6H3/q+3/t41-,45?,60?,64?,65?,66?,67?,68?/m0/s1. The Morgan fingerprint density at radius 1 is 0.473 bits per heavy atom. The smallest absolute Gasteiger partial charge is 0.213 e. The second kappa shape index (κ2) is 14.5. The Bertz CT molecular complexity index is 3970. The maximum atomic E-state index is 6.32. The number of aryl methyl sites for hydroxylation is 1. The van der Waals surface area contributed by atoms with Gasteiger partial charge in [0.15, 0.2) is 35.7 Å². The molecule has 7 heterocycles. The number of ether oxygens (including phenoxy) is 3. The molecule has 0 N–H and O–H groups in total. The average Bonchev–Trinajstić information content (AvgIpc) is 3.14. The Kier molecular flexibility index (Phi) is 8.34. The maximum Gasteiger partial charge on any atom is 0.213 e. The van der Waals surface area contributed by atoms with Crippen LogP contribution in [0.1, 0.15) is 84.4 Å². The molecule has 3 aliphatic carbocycles. The van der Waals surface area contributed by atoms with Gasteiger partial charge >= 0.3 is 0 Å². The molecule has 6 heteroatoms. The fourth-order valence-electron chi connectivity index (χ4n) is 17.5. The largest absolute Gasteiger partial charge is 0.497 e. The predicted molar refractivity (Wildman–Crippen MR) is 289 cm³/mol. The molecule has 360 valence electrons. The third-order valence-electron chi connectivity index (χ3n) is 20.3. The Morgan fingerprint density at radius 3 is 1.78 bits per heavy atom. The Balaban J connectivity index is 1.07. The van der Waals surface area contributed by atoms with Crippen LogP contribution in [-0.4, -0.2) is 21.3 Å². The van der Waals surface area contributed by atoms with Gasteiger partial charge in [0.05, 0.1) is 49.2 Å².